The van der Waals surface area contributed by atoms with Gasteiger partial charge in [-0.3, -0.25) is 9.69 Å². The normalized spacial score (nSPS) is 15.1. The number of amides is 1. The third-order valence-electron chi connectivity index (χ3n) is 6.23. The number of halogens is 2. The number of ether oxygens (including phenoxy) is 2. The van der Waals surface area contributed by atoms with Crippen LogP contribution in [0, 0.1) is 18.6 Å². The van der Waals surface area contributed by atoms with Gasteiger partial charge in [-0.25, -0.2) is 8.78 Å². The van der Waals surface area contributed by atoms with Crippen molar-refractivity contribution in [2.24, 2.45) is 0 Å². The lowest BCUT2D eigenvalue weighted by molar-refractivity contribution is 0.00332. The van der Waals surface area contributed by atoms with Crippen molar-refractivity contribution in [3.63, 3.8) is 0 Å². The molecule has 184 valence electrons. The van der Waals surface area contributed by atoms with E-state index in [1.807, 2.05) is 24.3 Å². The minimum atomic E-state index is -0.751. The van der Waals surface area contributed by atoms with Crippen LogP contribution in [0.25, 0.3) is 0 Å². The number of piperazine rings is 1. The molecule has 0 radical (unpaired) electrons. The molecule has 7 heteroatoms. The number of aryl methyl sites for hydroxylation is 1. The number of carbonyl (C=O) groups is 1. The summed E-state index contributed by atoms with van der Waals surface area (Å²) in [4.78, 5) is 16.6. The molecule has 35 heavy (non-hydrogen) atoms. The molecule has 0 aliphatic carbocycles. The van der Waals surface area contributed by atoms with E-state index in [9.17, 15) is 13.6 Å². The van der Waals surface area contributed by atoms with Gasteiger partial charge in [-0.05, 0) is 42.3 Å². The fourth-order valence-electron chi connectivity index (χ4n) is 4.21. The molecule has 3 aromatic rings. The van der Waals surface area contributed by atoms with E-state index in [1.165, 1.54) is 5.56 Å². The van der Waals surface area contributed by atoms with E-state index in [1.54, 1.807) is 12.0 Å². The van der Waals surface area contributed by atoms with Crippen molar-refractivity contribution in [1.29, 1.82) is 0 Å². The van der Waals surface area contributed by atoms with E-state index in [4.69, 9.17) is 9.47 Å². The molecule has 0 aromatic heterocycles. The summed E-state index contributed by atoms with van der Waals surface area (Å²) in [6.07, 6.45) is -0.189. The Morgan fingerprint density at radius 1 is 0.943 bits per heavy atom. The third kappa shape index (κ3) is 6.65. The zero-order chi connectivity index (χ0) is 24.8. The molecule has 0 bridgehead atoms. The van der Waals surface area contributed by atoms with Crippen LogP contribution in [0.4, 0.5) is 8.78 Å². The molecular weight excluding hydrogens is 450 g/mol. The van der Waals surface area contributed by atoms with Crippen molar-refractivity contribution in [2.45, 2.75) is 19.6 Å². The predicted octanol–water partition coefficient (Wildman–Crippen LogP) is 5.00. The van der Waals surface area contributed by atoms with Gasteiger partial charge in [0.15, 0.2) is 0 Å². The van der Waals surface area contributed by atoms with E-state index in [0.29, 0.717) is 39.3 Å². The van der Waals surface area contributed by atoms with E-state index >= 15 is 0 Å². The second-order valence-corrected chi connectivity index (χ2v) is 8.81. The summed E-state index contributed by atoms with van der Waals surface area (Å²) in [5, 5.41) is 0. The minimum absolute atomic E-state index is 0.0339. The molecule has 1 aliphatic heterocycles. The topological polar surface area (TPSA) is 42.0 Å². The van der Waals surface area contributed by atoms with Gasteiger partial charge in [0, 0.05) is 44.4 Å². The van der Waals surface area contributed by atoms with E-state index in [0.717, 1.165) is 35.1 Å². The van der Waals surface area contributed by atoms with Crippen LogP contribution >= 0.6 is 0 Å². The zero-order valence-corrected chi connectivity index (χ0v) is 20.0. The highest BCUT2D eigenvalue weighted by Gasteiger charge is 2.25. The second kappa shape index (κ2) is 11.4. The Balaban J connectivity index is 1.41. The van der Waals surface area contributed by atoms with Gasteiger partial charge in [-0.2, -0.15) is 0 Å². The molecule has 1 aliphatic rings. The van der Waals surface area contributed by atoms with Gasteiger partial charge in [0.2, 0.25) is 0 Å². The van der Waals surface area contributed by atoms with Crippen LogP contribution in [0.1, 0.15) is 33.2 Å². The van der Waals surface area contributed by atoms with Crippen molar-refractivity contribution in [3.8, 4) is 5.75 Å². The highest BCUT2D eigenvalue weighted by atomic mass is 19.1. The van der Waals surface area contributed by atoms with E-state index < -0.39 is 11.6 Å². The first kappa shape index (κ1) is 24.8. The van der Waals surface area contributed by atoms with Gasteiger partial charge in [0.1, 0.15) is 17.4 Å². The summed E-state index contributed by atoms with van der Waals surface area (Å²) >= 11 is 0. The SMILES string of the molecule is COc1cccc(C(CN2CCN(C(=O)c3cc(F)cc(F)c3)CC2)OCc2ccc(C)cc2)c1. The van der Waals surface area contributed by atoms with Crippen LogP contribution in [0.2, 0.25) is 0 Å². The number of nitrogens with zero attached hydrogens (tertiary/aromatic N) is 2. The summed E-state index contributed by atoms with van der Waals surface area (Å²) in [5.74, 6) is -1.09. The van der Waals surface area contributed by atoms with Crippen LogP contribution in [-0.4, -0.2) is 55.5 Å². The van der Waals surface area contributed by atoms with Gasteiger partial charge in [-0.1, -0.05) is 42.0 Å². The first-order valence-electron chi connectivity index (χ1n) is 11.7. The average molecular weight is 481 g/mol. The van der Waals surface area contributed by atoms with Crippen LogP contribution in [0.5, 0.6) is 5.75 Å². The smallest absolute Gasteiger partial charge is 0.254 e. The number of hydrogen-bond donors (Lipinski definition) is 0. The molecule has 1 unspecified atom stereocenters. The summed E-state index contributed by atoms with van der Waals surface area (Å²) in [6, 6.07) is 19.1. The van der Waals surface area contributed by atoms with Gasteiger partial charge < -0.3 is 14.4 Å². The minimum Gasteiger partial charge on any atom is -0.497 e. The molecule has 4 rings (SSSR count). The van der Waals surface area contributed by atoms with Crippen LogP contribution in [0.15, 0.2) is 66.7 Å². The summed E-state index contributed by atoms with van der Waals surface area (Å²) in [7, 11) is 1.64. The van der Waals surface area contributed by atoms with Crippen molar-refractivity contribution in [1.82, 2.24) is 9.80 Å². The molecule has 3 aromatic carbocycles. The Morgan fingerprint density at radius 3 is 2.29 bits per heavy atom. The Hall–Kier alpha value is -3.29. The Bertz CT molecular complexity index is 1120. The molecule has 1 atom stereocenters. The van der Waals surface area contributed by atoms with Gasteiger partial charge >= 0.3 is 0 Å². The van der Waals surface area contributed by atoms with Crippen molar-refractivity contribution < 1.29 is 23.0 Å². The van der Waals surface area contributed by atoms with Gasteiger partial charge in [-0.15, -0.1) is 0 Å². The Morgan fingerprint density at radius 2 is 1.63 bits per heavy atom. The Kier molecular flexibility index (Phi) is 8.10. The lowest BCUT2D eigenvalue weighted by atomic mass is 10.1. The maximum atomic E-state index is 13.5. The predicted molar refractivity (Wildman–Crippen MR) is 130 cm³/mol. The number of methoxy groups -OCH3 is 1. The monoisotopic (exact) mass is 480 g/mol. The van der Waals surface area contributed by atoms with Crippen molar-refractivity contribution >= 4 is 5.91 Å². The van der Waals surface area contributed by atoms with Crippen molar-refractivity contribution in [2.75, 3.05) is 39.8 Å². The number of rotatable bonds is 8. The second-order valence-electron chi connectivity index (χ2n) is 8.81. The molecule has 1 amide bonds. The standard InChI is InChI=1S/C28H30F2N2O3/c1-20-6-8-21(9-7-20)19-35-27(22-4-3-5-26(16-22)34-2)18-31-10-12-32(13-11-31)28(33)23-14-24(29)17-25(30)15-23/h3-9,14-17,27H,10-13,18-19H2,1-2H3. The van der Waals surface area contributed by atoms with Gasteiger partial charge in [0.05, 0.1) is 19.8 Å². The fourth-order valence-corrected chi connectivity index (χ4v) is 4.21. The maximum absolute atomic E-state index is 13.5. The zero-order valence-electron chi connectivity index (χ0n) is 20.0. The summed E-state index contributed by atoms with van der Waals surface area (Å²) in [6.45, 7) is 5.40. The summed E-state index contributed by atoms with van der Waals surface area (Å²) < 4.78 is 38.9. The average Bonchev–Trinajstić information content (AvgIpc) is 2.87. The van der Waals surface area contributed by atoms with Crippen LogP contribution in [-0.2, 0) is 11.3 Å². The third-order valence-corrected chi connectivity index (χ3v) is 6.23. The first-order chi connectivity index (χ1) is 16.9. The number of benzene rings is 3. The molecule has 0 saturated carbocycles. The molecule has 5 nitrogen and oxygen atoms in total. The van der Waals surface area contributed by atoms with Crippen LogP contribution < -0.4 is 4.74 Å². The first-order valence-corrected chi connectivity index (χ1v) is 11.7. The molecular formula is C28H30F2N2O3. The Labute approximate surface area is 204 Å². The summed E-state index contributed by atoms with van der Waals surface area (Å²) in [5.41, 5.74) is 3.35. The quantitative estimate of drug-likeness (QED) is 0.455. The molecule has 0 spiro atoms. The molecule has 1 heterocycles. The van der Waals surface area contributed by atoms with E-state index in [-0.39, 0.29) is 17.6 Å². The largest absolute Gasteiger partial charge is 0.497 e. The highest BCUT2D eigenvalue weighted by Crippen LogP contribution is 2.25. The van der Waals surface area contributed by atoms with Gasteiger partial charge in [0.25, 0.3) is 5.91 Å². The molecule has 1 saturated heterocycles. The number of hydrogen-bond acceptors (Lipinski definition) is 4. The number of carbonyl (C=O) groups excluding carboxylic acids is 1. The molecule has 1 fully saturated rings. The fraction of sp³-hybridized carbons (Fsp3) is 0.321. The maximum Gasteiger partial charge on any atom is 0.254 e. The lowest BCUT2D eigenvalue weighted by Gasteiger charge is -2.36. The highest BCUT2D eigenvalue weighted by molar-refractivity contribution is 5.94. The van der Waals surface area contributed by atoms with E-state index in [2.05, 4.69) is 36.1 Å². The van der Waals surface area contributed by atoms with Crippen molar-refractivity contribution in [3.05, 3.63) is 101 Å². The van der Waals surface area contributed by atoms with Crippen LogP contribution in [0.3, 0.4) is 0 Å². The molecule has 0 N–H and O–H groups in total. The lowest BCUT2D eigenvalue weighted by Crippen LogP contribution is -2.49.